The van der Waals surface area contributed by atoms with Crippen molar-refractivity contribution in [2.24, 2.45) is 0 Å². The van der Waals surface area contributed by atoms with Crippen molar-refractivity contribution in [2.45, 2.75) is 193 Å². The van der Waals surface area contributed by atoms with Gasteiger partial charge in [0.1, 0.15) is 0 Å². The van der Waals surface area contributed by atoms with E-state index in [0.29, 0.717) is 12.8 Å². The quantitative estimate of drug-likeness (QED) is 0.0383. The van der Waals surface area contributed by atoms with Crippen LogP contribution < -0.4 is 0 Å². The molecule has 0 aromatic carbocycles. The van der Waals surface area contributed by atoms with Crippen LogP contribution in [0.2, 0.25) is 0 Å². The maximum Gasteiger partial charge on any atom is 0.313 e. The molecular formula is C36H66O5. The van der Waals surface area contributed by atoms with E-state index in [2.05, 4.69) is 38.2 Å². The number of unbranched alkanes of at least 4 members (excludes halogenated alkanes) is 16. The maximum absolute atomic E-state index is 11.9. The van der Waals surface area contributed by atoms with Crippen LogP contribution in [0.25, 0.3) is 0 Å². The van der Waals surface area contributed by atoms with Gasteiger partial charge in [0.2, 0.25) is 0 Å². The smallest absolute Gasteiger partial charge is 0.313 e. The fourth-order valence-corrected chi connectivity index (χ4v) is 4.94. The van der Waals surface area contributed by atoms with Gasteiger partial charge in [0.05, 0.1) is 12.2 Å². The van der Waals surface area contributed by atoms with Crippen LogP contribution in [-0.2, 0) is 14.3 Å². The Labute approximate surface area is 253 Å². The van der Waals surface area contributed by atoms with Gasteiger partial charge in [-0.1, -0.05) is 128 Å². The monoisotopic (exact) mass is 578 g/mol. The molecule has 0 aliphatic heterocycles. The Morgan fingerprint density at radius 1 is 0.512 bits per heavy atom. The lowest BCUT2D eigenvalue weighted by Crippen LogP contribution is -2.11. The molecule has 0 radical (unpaired) electrons. The normalized spacial score (nSPS) is 13.3. The first-order valence-electron chi connectivity index (χ1n) is 17.4. The number of hydrogen-bond acceptors (Lipinski definition) is 5. The van der Waals surface area contributed by atoms with E-state index >= 15 is 0 Å². The minimum absolute atomic E-state index is 0.200. The van der Waals surface area contributed by atoms with Crippen molar-refractivity contribution >= 4 is 11.9 Å². The van der Waals surface area contributed by atoms with Crippen molar-refractivity contribution in [3.63, 3.8) is 0 Å². The maximum atomic E-state index is 11.9. The Morgan fingerprint density at radius 3 is 1.29 bits per heavy atom. The largest absolute Gasteiger partial charge is 0.393 e. The van der Waals surface area contributed by atoms with Gasteiger partial charge in [-0.15, -0.1) is 0 Å². The van der Waals surface area contributed by atoms with Crippen molar-refractivity contribution in [2.75, 3.05) is 0 Å². The molecule has 2 atom stereocenters. The highest BCUT2D eigenvalue weighted by Crippen LogP contribution is 2.13. The number of aliphatic hydroxyl groups excluding tert-OH is 2. The Morgan fingerprint density at radius 2 is 0.878 bits per heavy atom. The highest BCUT2D eigenvalue weighted by atomic mass is 16.6. The van der Waals surface area contributed by atoms with Crippen LogP contribution in [0.3, 0.4) is 0 Å². The SMILES string of the molecule is CCCCCCC(O)C/C=C\CCCCCCCC(=O)OC(=O)CCCCCCC/C=C\CC(O)CCCCCC. The predicted molar refractivity (Wildman–Crippen MR) is 173 cm³/mol. The van der Waals surface area contributed by atoms with Crippen LogP contribution in [0.5, 0.6) is 0 Å². The minimum Gasteiger partial charge on any atom is -0.393 e. The van der Waals surface area contributed by atoms with Crippen LogP contribution in [0.1, 0.15) is 181 Å². The van der Waals surface area contributed by atoms with Gasteiger partial charge >= 0.3 is 11.9 Å². The van der Waals surface area contributed by atoms with Crippen molar-refractivity contribution in [3.05, 3.63) is 24.3 Å². The Balaban J connectivity index is 3.48. The van der Waals surface area contributed by atoms with E-state index in [-0.39, 0.29) is 24.1 Å². The minimum atomic E-state index is -0.385. The molecule has 240 valence electrons. The number of esters is 2. The number of carbonyl (C=O) groups is 2. The summed E-state index contributed by atoms with van der Waals surface area (Å²) in [5.41, 5.74) is 0. The van der Waals surface area contributed by atoms with Crippen molar-refractivity contribution < 1.29 is 24.5 Å². The Hall–Kier alpha value is -1.46. The molecule has 41 heavy (non-hydrogen) atoms. The third-order valence-electron chi connectivity index (χ3n) is 7.66. The molecule has 0 fully saturated rings. The van der Waals surface area contributed by atoms with E-state index < -0.39 is 0 Å². The summed E-state index contributed by atoms with van der Waals surface area (Å²) in [7, 11) is 0. The molecule has 5 heteroatoms. The molecule has 0 saturated heterocycles. The van der Waals surface area contributed by atoms with E-state index in [9.17, 15) is 19.8 Å². The van der Waals surface area contributed by atoms with Gasteiger partial charge in [-0.05, 0) is 64.2 Å². The van der Waals surface area contributed by atoms with Crippen LogP contribution in [0, 0.1) is 0 Å². The zero-order valence-corrected chi connectivity index (χ0v) is 27.0. The first-order chi connectivity index (χ1) is 20.0. The first-order valence-corrected chi connectivity index (χ1v) is 17.4. The Kier molecular flexibility index (Phi) is 30.4. The van der Waals surface area contributed by atoms with Crippen LogP contribution >= 0.6 is 0 Å². The average Bonchev–Trinajstić information content (AvgIpc) is 2.95. The summed E-state index contributed by atoms with van der Waals surface area (Å²) in [6.45, 7) is 4.40. The average molecular weight is 579 g/mol. The molecule has 0 aliphatic rings. The number of hydrogen-bond donors (Lipinski definition) is 2. The Bertz CT molecular complexity index is 588. The third kappa shape index (κ3) is 31.3. The zero-order valence-electron chi connectivity index (χ0n) is 27.0. The second-order valence-corrected chi connectivity index (χ2v) is 11.9. The summed E-state index contributed by atoms with van der Waals surface area (Å²) in [5.74, 6) is -0.770. The highest BCUT2D eigenvalue weighted by molar-refractivity contribution is 5.85. The molecule has 2 unspecified atom stereocenters. The zero-order chi connectivity index (χ0) is 30.2. The van der Waals surface area contributed by atoms with Gasteiger partial charge in [-0.2, -0.15) is 0 Å². The molecule has 0 aromatic heterocycles. The van der Waals surface area contributed by atoms with E-state index in [1.807, 2.05) is 0 Å². The summed E-state index contributed by atoms with van der Waals surface area (Å²) in [5, 5.41) is 19.9. The van der Waals surface area contributed by atoms with E-state index in [4.69, 9.17) is 4.74 Å². The lowest BCUT2D eigenvalue weighted by atomic mass is 10.1. The standard InChI is InChI=1S/C36H66O5/c1-3-5-7-21-27-33(37)29-23-17-13-9-11-15-19-25-31-35(39)41-36(40)32-26-20-16-12-10-14-18-24-30-34(38)28-22-8-6-4-2/h17-18,23-24,33-34,37-38H,3-16,19-22,25-32H2,1-2H3/b23-17-,24-18-. The van der Waals surface area contributed by atoms with Gasteiger partial charge < -0.3 is 14.9 Å². The molecule has 0 amide bonds. The van der Waals surface area contributed by atoms with Gasteiger partial charge in [-0.3, -0.25) is 9.59 Å². The molecular weight excluding hydrogens is 512 g/mol. The van der Waals surface area contributed by atoms with Gasteiger partial charge in [0.15, 0.2) is 0 Å². The van der Waals surface area contributed by atoms with E-state index in [1.165, 1.54) is 38.5 Å². The fourth-order valence-electron chi connectivity index (χ4n) is 4.94. The molecule has 0 bridgehead atoms. The second-order valence-electron chi connectivity index (χ2n) is 11.9. The summed E-state index contributed by atoms with van der Waals surface area (Å²) in [4.78, 5) is 23.8. The van der Waals surface area contributed by atoms with Gasteiger partial charge in [0, 0.05) is 12.8 Å². The molecule has 0 aromatic rings. The van der Waals surface area contributed by atoms with E-state index in [1.54, 1.807) is 0 Å². The molecule has 2 N–H and O–H groups in total. The van der Waals surface area contributed by atoms with Gasteiger partial charge in [0.25, 0.3) is 0 Å². The van der Waals surface area contributed by atoms with Crippen LogP contribution in [0.15, 0.2) is 24.3 Å². The van der Waals surface area contributed by atoms with Crippen molar-refractivity contribution in [1.29, 1.82) is 0 Å². The second kappa shape index (κ2) is 31.5. The van der Waals surface area contributed by atoms with Crippen LogP contribution in [0.4, 0.5) is 0 Å². The number of aliphatic hydroxyl groups is 2. The molecule has 5 nitrogen and oxygen atoms in total. The number of rotatable bonds is 30. The van der Waals surface area contributed by atoms with Gasteiger partial charge in [-0.25, -0.2) is 0 Å². The highest BCUT2D eigenvalue weighted by Gasteiger charge is 2.10. The molecule has 0 rings (SSSR count). The van der Waals surface area contributed by atoms with E-state index in [0.717, 1.165) is 116 Å². The predicted octanol–water partition coefficient (Wildman–Crippen LogP) is 10.1. The molecule has 0 spiro atoms. The van der Waals surface area contributed by atoms with Crippen molar-refractivity contribution in [3.8, 4) is 0 Å². The molecule has 0 saturated carbocycles. The van der Waals surface area contributed by atoms with Crippen molar-refractivity contribution in [1.82, 2.24) is 0 Å². The molecule has 0 heterocycles. The number of allylic oxidation sites excluding steroid dienone is 2. The summed E-state index contributed by atoms with van der Waals surface area (Å²) >= 11 is 0. The van der Waals surface area contributed by atoms with Crippen LogP contribution in [-0.4, -0.2) is 34.4 Å². The first kappa shape index (κ1) is 39.5. The lowest BCUT2D eigenvalue weighted by Gasteiger charge is -2.07. The number of ether oxygens (including phenoxy) is 1. The summed E-state index contributed by atoms with van der Waals surface area (Å²) < 4.78 is 4.97. The summed E-state index contributed by atoms with van der Waals surface area (Å²) in [6.07, 6.45) is 34.2. The summed E-state index contributed by atoms with van der Waals surface area (Å²) in [6, 6.07) is 0. The lowest BCUT2D eigenvalue weighted by molar-refractivity contribution is -0.159. The molecule has 0 aliphatic carbocycles. The fraction of sp³-hybridized carbons (Fsp3) is 0.833. The number of carbonyl (C=O) groups excluding carboxylic acids is 2. The third-order valence-corrected chi connectivity index (χ3v) is 7.66. The topological polar surface area (TPSA) is 83.8 Å².